The van der Waals surface area contributed by atoms with Crippen molar-refractivity contribution in [2.45, 2.75) is 6.42 Å². The average molecular weight is 285 g/mol. The van der Waals surface area contributed by atoms with Crippen LogP contribution in [0.25, 0.3) is 11.0 Å². The van der Waals surface area contributed by atoms with Gasteiger partial charge in [-0.15, -0.1) is 0 Å². The monoisotopic (exact) mass is 285 g/mol. The molecule has 1 aromatic heterocycles. The molecule has 0 amide bonds. The third kappa shape index (κ3) is 3.13. The van der Waals surface area contributed by atoms with Gasteiger partial charge in [-0.1, -0.05) is 30.3 Å². The molecule has 0 aliphatic heterocycles. The Bertz CT molecular complexity index is 760. The molecule has 0 radical (unpaired) electrons. The maximum atomic E-state index is 13.2. The minimum absolute atomic E-state index is 0.332. The van der Waals surface area contributed by atoms with E-state index in [4.69, 9.17) is 0 Å². The number of hydrogen-bond acceptors (Lipinski definition) is 3. The Morgan fingerprint density at radius 2 is 1.67 bits per heavy atom. The molecule has 106 valence electrons. The minimum atomic E-state index is -0.918. The number of hydrogen-bond donors (Lipinski definition) is 1. The summed E-state index contributed by atoms with van der Waals surface area (Å²) in [6.07, 6.45) is 2.36. The fraction of sp³-hybridized carbons (Fsp3) is 0.125. The molecule has 1 heterocycles. The second kappa shape index (κ2) is 5.83. The van der Waals surface area contributed by atoms with Gasteiger partial charge in [0.25, 0.3) is 0 Å². The van der Waals surface area contributed by atoms with Gasteiger partial charge in [0.2, 0.25) is 0 Å². The molecule has 1 N–H and O–H groups in total. The van der Waals surface area contributed by atoms with Crippen molar-refractivity contribution in [3.8, 4) is 0 Å². The number of nitrogens with one attached hydrogen (secondary N) is 1. The summed E-state index contributed by atoms with van der Waals surface area (Å²) in [6, 6.07) is 12.1. The Morgan fingerprint density at radius 1 is 0.952 bits per heavy atom. The van der Waals surface area contributed by atoms with Gasteiger partial charge in [0.15, 0.2) is 11.6 Å². The van der Waals surface area contributed by atoms with Gasteiger partial charge < -0.3 is 5.32 Å². The topological polar surface area (TPSA) is 37.8 Å². The number of benzene rings is 2. The zero-order chi connectivity index (χ0) is 14.7. The molecular formula is C16H13F2N3. The van der Waals surface area contributed by atoms with Crippen molar-refractivity contribution in [2.75, 3.05) is 11.9 Å². The van der Waals surface area contributed by atoms with E-state index in [0.717, 1.165) is 18.6 Å². The lowest BCUT2D eigenvalue weighted by Crippen LogP contribution is -2.06. The second-order valence-electron chi connectivity index (χ2n) is 4.67. The van der Waals surface area contributed by atoms with Crippen LogP contribution in [-0.4, -0.2) is 16.5 Å². The summed E-state index contributed by atoms with van der Waals surface area (Å²) in [5, 5.41) is 3.13. The van der Waals surface area contributed by atoms with Crippen molar-refractivity contribution in [2.24, 2.45) is 0 Å². The van der Waals surface area contributed by atoms with E-state index < -0.39 is 11.6 Å². The molecule has 0 aliphatic carbocycles. The van der Waals surface area contributed by atoms with Gasteiger partial charge in [-0.3, -0.25) is 4.98 Å². The van der Waals surface area contributed by atoms with Gasteiger partial charge >= 0.3 is 0 Å². The number of halogens is 2. The Morgan fingerprint density at radius 3 is 2.43 bits per heavy atom. The van der Waals surface area contributed by atoms with Crippen LogP contribution < -0.4 is 5.32 Å². The van der Waals surface area contributed by atoms with Gasteiger partial charge in [-0.05, 0) is 12.0 Å². The summed E-state index contributed by atoms with van der Waals surface area (Å²) in [5.41, 5.74) is 1.88. The third-order valence-corrected chi connectivity index (χ3v) is 3.15. The molecule has 3 rings (SSSR count). The normalized spacial score (nSPS) is 10.8. The molecule has 0 saturated carbocycles. The number of aromatic nitrogens is 2. The highest BCUT2D eigenvalue weighted by Gasteiger charge is 2.06. The van der Waals surface area contributed by atoms with Gasteiger partial charge in [0.1, 0.15) is 5.82 Å². The summed E-state index contributed by atoms with van der Waals surface area (Å²) >= 11 is 0. The van der Waals surface area contributed by atoms with Crippen LogP contribution in [0.4, 0.5) is 14.6 Å². The van der Waals surface area contributed by atoms with Crippen LogP contribution in [0.2, 0.25) is 0 Å². The molecule has 0 fully saturated rings. The Hall–Kier alpha value is -2.56. The zero-order valence-corrected chi connectivity index (χ0v) is 11.2. The van der Waals surface area contributed by atoms with E-state index in [9.17, 15) is 8.78 Å². The van der Waals surface area contributed by atoms with Gasteiger partial charge in [-0.2, -0.15) is 0 Å². The van der Waals surface area contributed by atoms with Crippen LogP contribution in [0.3, 0.4) is 0 Å². The molecule has 0 saturated heterocycles. The molecule has 0 bridgehead atoms. The molecule has 5 heteroatoms. The molecule has 3 nitrogen and oxygen atoms in total. The van der Waals surface area contributed by atoms with E-state index in [-0.39, 0.29) is 0 Å². The highest BCUT2D eigenvalue weighted by molar-refractivity contribution is 5.75. The van der Waals surface area contributed by atoms with Crippen LogP contribution >= 0.6 is 0 Å². The molecule has 21 heavy (non-hydrogen) atoms. The largest absolute Gasteiger partial charge is 0.368 e. The van der Waals surface area contributed by atoms with E-state index in [1.165, 1.54) is 11.8 Å². The van der Waals surface area contributed by atoms with Gasteiger partial charge in [-0.25, -0.2) is 13.8 Å². The standard InChI is InChI=1S/C16H13F2N3/c17-12-8-14-15(9-13(12)18)21-16(10-20-14)19-7-6-11-4-2-1-3-5-11/h1-5,8-10H,6-7H2,(H,19,21). The molecule has 3 aromatic rings. The van der Waals surface area contributed by atoms with Crippen molar-refractivity contribution in [3.05, 3.63) is 65.9 Å². The van der Waals surface area contributed by atoms with Crippen molar-refractivity contribution in [3.63, 3.8) is 0 Å². The Labute approximate surface area is 120 Å². The first-order chi connectivity index (χ1) is 10.2. The lowest BCUT2D eigenvalue weighted by atomic mass is 10.1. The molecule has 0 atom stereocenters. The van der Waals surface area contributed by atoms with E-state index >= 15 is 0 Å². The van der Waals surface area contributed by atoms with Crippen molar-refractivity contribution >= 4 is 16.9 Å². The fourth-order valence-corrected chi connectivity index (χ4v) is 2.07. The number of anilines is 1. The van der Waals surface area contributed by atoms with E-state index in [2.05, 4.69) is 15.3 Å². The third-order valence-electron chi connectivity index (χ3n) is 3.15. The maximum Gasteiger partial charge on any atom is 0.161 e. The van der Waals surface area contributed by atoms with Crippen LogP contribution in [0.1, 0.15) is 5.56 Å². The highest BCUT2D eigenvalue weighted by Crippen LogP contribution is 2.16. The van der Waals surface area contributed by atoms with Crippen LogP contribution in [0.5, 0.6) is 0 Å². The van der Waals surface area contributed by atoms with Gasteiger partial charge in [0, 0.05) is 18.7 Å². The van der Waals surface area contributed by atoms with Crippen LogP contribution in [0.15, 0.2) is 48.7 Å². The zero-order valence-electron chi connectivity index (χ0n) is 11.2. The second-order valence-corrected chi connectivity index (χ2v) is 4.67. The van der Waals surface area contributed by atoms with Crippen molar-refractivity contribution in [1.29, 1.82) is 0 Å². The number of rotatable bonds is 4. The van der Waals surface area contributed by atoms with E-state index in [1.807, 2.05) is 30.3 Å². The van der Waals surface area contributed by atoms with Crippen LogP contribution in [-0.2, 0) is 6.42 Å². The first kappa shape index (κ1) is 13.4. The lowest BCUT2D eigenvalue weighted by molar-refractivity contribution is 0.510. The van der Waals surface area contributed by atoms with Crippen LogP contribution in [0, 0.1) is 11.6 Å². The Kier molecular flexibility index (Phi) is 3.73. The molecular weight excluding hydrogens is 272 g/mol. The maximum absolute atomic E-state index is 13.2. The highest BCUT2D eigenvalue weighted by atomic mass is 19.2. The molecule has 0 spiro atoms. The first-order valence-electron chi connectivity index (χ1n) is 6.62. The summed E-state index contributed by atoms with van der Waals surface area (Å²) in [4.78, 5) is 8.31. The van der Waals surface area contributed by atoms with Crippen molar-refractivity contribution < 1.29 is 8.78 Å². The quantitative estimate of drug-likeness (QED) is 0.796. The van der Waals surface area contributed by atoms with Crippen molar-refractivity contribution in [1.82, 2.24) is 9.97 Å². The molecule has 0 unspecified atom stereocenters. The van der Waals surface area contributed by atoms with E-state index in [1.54, 1.807) is 0 Å². The predicted octanol–water partition coefficient (Wildman–Crippen LogP) is 3.56. The molecule has 0 aliphatic rings. The minimum Gasteiger partial charge on any atom is -0.368 e. The predicted molar refractivity (Wildman–Crippen MR) is 78.1 cm³/mol. The Balaban J connectivity index is 1.71. The smallest absolute Gasteiger partial charge is 0.161 e. The average Bonchev–Trinajstić information content (AvgIpc) is 2.50. The van der Waals surface area contributed by atoms with Gasteiger partial charge in [0.05, 0.1) is 17.2 Å². The summed E-state index contributed by atoms with van der Waals surface area (Å²) in [7, 11) is 0. The summed E-state index contributed by atoms with van der Waals surface area (Å²) < 4.78 is 26.3. The summed E-state index contributed by atoms with van der Waals surface area (Å²) in [6.45, 7) is 0.688. The summed E-state index contributed by atoms with van der Waals surface area (Å²) in [5.74, 6) is -1.29. The van der Waals surface area contributed by atoms with E-state index in [0.29, 0.717) is 23.4 Å². The number of nitrogens with zero attached hydrogens (tertiary/aromatic N) is 2. The SMILES string of the molecule is Fc1cc2ncc(NCCc3ccccc3)nc2cc1F. The first-order valence-corrected chi connectivity index (χ1v) is 6.62. The number of fused-ring (bicyclic) bond motifs is 1. The fourth-order valence-electron chi connectivity index (χ4n) is 2.07. The lowest BCUT2D eigenvalue weighted by Gasteiger charge is -2.06. The molecule has 2 aromatic carbocycles.